The van der Waals surface area contributed by atoms with Crippen molar-refractivity contribution in [1.29, 1.82) is 0 Å². The van der Waals surface area contributed by atoms with E-state index in [9.17, 15) is 4.79 Å². The number of nitrogens with zero attached hydrogens (tertiary/aromatic N) is 4. The fourth-order valence-corrected chi connectivity index (χ4v) is 1.35. The molecule has 1 heterocycles. The molecule has 7 nitrogen and oxygen atoms in total. The molecule has 0 radical (unpaired) electrons. The van der Waals surface area contributed by atoms with E-state index >= 15 is 0 Å². The first-order valence-corrected chi connectivity index (χ1v) is 4.58. The van der Waals surface area contributed by atoms with Crippen molar-refractivity contribution >= 4 is 11.6 Å². The molecule has 0 saturated carbocycles. The lowest BCUT2D eigenvalue weighted by atomic mass is 10.2. The molecule has 16 heavy (non-hydrogen) atoms. The highest BCUT2D eigenvalue weighted by Gasteiger charge is 2.12. The molecule has 2 rings (SSSR count). The fourth-order valence-electron chi connectivity index (χ4n) is 1.35. The Balaban J connectivity index is 2.45. The van der Waals surface area contributed by atoms with Gasteiger partial charge in [-0.05, 0) is 22.6 Å². The molecular weight excluding hydrogens is 208 g/mol. The number of carbonyl (C=O) groups excluding carboxylic acids is 1. The van der Waals surface area contributed by atoms with Crippen molar-refractivity contribution in [3.8, 4) is 11.4 Å². The monoisotopic (exact) mass is 218 g/mol. The minimum Gasteiger partial charge on any atom is -0.398 e. The highest BCUT2D eigenvalue weighted by atomic mass is 16.1. The maximum absolute atomic E-state index is 10.8. The number of carbonyl (C=O) groups is 1. The topological polar surface area (TPSA) is 113 Å². The number of anilines is 1. The van der Waals surface area contributed by atoms with Crippen molar-refractivity contribution in [2.45, 2.75) is 6.54 Å². The molecule has 0 aliphatic heterocycles. The number of hydrogen-bond acceptors (Lipinski definition) is 5. The summed E-state index contributed by atoms with van der Waals surface area (Å²) in [5, 5.41) is 11.0. The smallest absolute Gasteiger partial charge is 0.239 e. The van der Waals surface area contributed by atoms with E-state index in [-0.39, 0.29) is 6.54 Å². The molecular formula is C9H10N6O. The van der Waals surface area contributed by atoms with Crippen molar-refractivity contribution in [1.82, 2.24) is 20.2 Å². The van der Waals surface area contributed by atoms with Gasteiger partial charge >= 0.3 is 0 Å². The summed E-state index contributed by atoms with van der Waals surface area (Å²) < 4.78 is 1.31. The SMILES string of the molecule is NC(=O)Cn1nnnc1-c1ccccc1N. The van der Waals surface area contributed by atoms with E-state index in [1.807, 2.05) is 6.07 Å². The summed E-state index contributed by atoms with van der Waals surface area (Å²) in [6.07, 6.45) is 0. The number of tetrazole rings is 1. The van der Waals surface area contributed by atoms with Gasteiger partial charge in [-0.15, -0.1) is 5.10 Å². The predicted molar refractivity (Wildman–Crippen MR) is 56.9 cm³/mol. The van der Waals surface area contributed by atoms with Gasteiger partial charge in [0.1, 0.15) is 6.54 Å². The Morgan fingerprint density at radius 2 is 2.12 bits per heavy atom. The third-order valence-corrected chi connectivity index (χ3v) is 2.04. The zero-order chi connectivity index (χ0) is 11.5. The standard InChI is InChI=1S/C9H10N6O/c10-7-4-2-1-3-6(7)9-12-13-14-15(9)5-8(11)16/h1-4H,5,10H2,(H2,11,16). The van der Waals surface area contributed by atoms with Gasteiger partial charge in [-0.25, -0.2) is 4.68 Å². The molecule has 0 bridgehead atoms. The van der Waals surface area contributed by atoms with Crippen molar-refractivity contribution in [2.24, 2.45) is 5.73 Å². The van der Waals surface area contributed by atoms with Crippen molar-refractivity contribution in [2.75, 3.05) is 5.73 Å². The molecule has 0 fully saturated rings. The Morgan fingerprint density at radius 3 is 2.81 bits per heavy atom. The summed E-state index contributed by atoms with van der Waals surface area (Å²) in [6, 6.07) is 7.13. The maximum Gasteiger partial charge on any atom is 0.239 e. The van der Waals surface area contributed by atoms with E-state index in [0.717, 1.165) is 0 Å². The second-order valence-electron chi connectivity index (χ2n) is 3.21. The number of hydrogen-bond donors (Lipinski definition) is 2. The van der Waals surface area contributed by atoms with Gasteiger partial charge in [-0.2, -0.15) is 0 Å². The van der Waals surface area contributed by atoms with E-state index in [1.165, 1.54) is 4.68 Å². The molecule has 0 saturated heterocycles. The van der Waals surface area contributed by atoms with Crippen LogP contribution in [0.4, 0.5) is 5.69 Å². The summed E-state index contributed by atoms with van der Waals surface area (Å²) in [5.41, 5.74) is 12.1. The Morgan fingerprint density at radius 1 is 1.38 bits per heavy atom. The van der Waals surface area contributed by atoms with Gasteiger partial charge in [0.15, 0.2) is 5.82 Å². The second kappa shape index (κ2) is 3.97. The number of aromatic nitrogens is 4. The number of nitrogen functional groups attached to an aromatic ring is 1. The van der Waals surface area contributed by atoms with Crippen molar-refractivity contribution < 1.29 is 4.79 Å². The van der Waals surface area contributed by atoms with Gasteiger partial charge in [-0.3, -0.25) is 4.79 Å². The van der Waals surface area contributed by atoms with Crippen LogP contribution in [0.3, 0.4) is 0 Å². The molecule has 0 spiro atoms. The van der Waals surface area contributed by atoms with E-state index in [2.05, 4.69) is 15.5 Å². The molecule has 1 aromatic heterocycles. The molecule has 2 aromatic rings. The summed E-state index contributed by atoms with van der Waals surface area (Å²) in [5.74, 6) is -0.0834. The Labute approximate surface area is 91.0 Å². The van der Waals surface area contributed by atoms with Gasteiger partial charge in [0.25, 0.3) is 0 Å². The molecule has 82 valence electrons. The molecule has 7 heteroatoms. The van der Waals surface area contributed by atoms with Crippen LogP contribution in [0.5, 0.6) is 0 Å². The summed E-state index contributed by atoms with van der Waals surface area (Å²) in [6.45, 7) is -0.0728. The molecule has 4 N–H and O–H groups in total. The van der Waals surface area contributed by atoms with Crippen LogP contribution in [-0.4, -0.2) is 26.1 Å². The average Bonchev–Trinajstić information content (AvgIpc) is 2.66. The quantitative estimate of drug-likeness (QED) is 0.668. The van der Waals surface area contributed by atoms with Crippen LogP contribution in [0.25, 0.3) is 11.4 Å². The van der Waals surface area contributed by atoms with E-state index in [0.29, 0.717) is 17.1 Å². The van der Waals surface area contributed by atoms with Gasteiger partial charge in [0.05, 0.1) is 0 Å². The zero-order valence-electron chi connectivity index (χ0n) is 8.37. The van der Waals surface area contributed by atoms with Gasteiger partial charge in [0, 0.05) is 11.3 Å². The van der Waals surface area contributed by atoms with Gasteiger partial charge in [0.2, 0.25) is 5.91 Å². The Kier molecular flexibility index (Phi) is 2.50. The van der Waals surface area contributed by atoms with Crippen molar-refractivity contribution in [3.05, 3.63) is 24.3 Å². The van der Waals surface area contributed by atoms with Gasteiger partial charge < -0.3 is 11.5 Å². The summed E-state index contributed by atoms with van der Waals surface area (Å²) in [7, 11) is 0. The molecule has 0 aliphatic rings. The first-order valence-electron chi connectivity index (χ1n) is 4.58. The van der Waals surface area contributed by atoms with Crippen LogP contribution in [0, 0.1) is 0 Å². The molecule has 1 aromatic carbocycles. The third-order valence-electron chi connectivity index (χ3n) is 2.04. The predicted octanol–water partition coefficient (Wildman–Crippen LogP) is -0.592. The minimum atomic E-state index is -0.511. The van der Waals surface area contributed by atoms with Crippen LogP contribution in [0.15, 0.2) is 24.3 Å². The zero-order valence-corrected chi connectivity index (χ0v) is 8.37. The minimum absolute atomic E-state index is 0.0728. The van der Waals surface area contributed by atoms with E-state index < -0.39 is 5.91 Å². The first kappa shape index (κ1) is 10.1. The van der Waals surface area contributed by atoms with Crippen LogP contribution < -0.4 is 11.5 Å². The number of primary amides is 1. The van der Waals surface area contributed by atoms with E-state index in [4.69, 9.17) is 11.5 Å². The highest BCUT2D eigenvalue weighted by Crippen LogP contribution is 2.22. The third kappa shape index (κ3) is 1.83. The Bertz CT molecular complexity index is 520. The lowest BCUT2D eigenvalue weighted by molar-refractivity contribution is -0.118. The van der Waals surface area contributed by atoms with Crippen molar-refractivity contribution in [3.63, 3.8) is 0 Å². The average molecular weight is 218 g/mol. The van der Waals surface area contributed by atoms with E-state index in [1.54, 1.807) is 18.2 Å². The van der Waals surface area contributed by atoms with Crippen LogP contribution in [0.2, 0.25) is 0 Å². The summed E-state index contributed by atoms with van der Waals surface area (Å²) >= 11 is 0. The fraction of sp³-hybridized carbons (Fsp3) is 0.111. The lowest BCUT2D eigenvalue weighted by Crippen LogP contribution is -2.20. The number of benzene rings is 1. The number of amides is 1. The molecule has 0 aliphatic carbocycles. The number of para-hydroxylation sites is 1. The number of nitrogens with two attached hydrogens (primary N) is 2. The molecule has 0 atom stereocenters. The van der Waals surface area contributed by atoms with Crippen LogP contribution >= 0.6 is 0 Å². The highest BCUT2D eigenvalue weighted by molar-refractivity contribution is 5.75. The lowest BCUT2D eigenvalue weighted by Gasteiger charge is -2.04. The summed E-state index contributed by atoms with van der Waals surface area (Å²) in [4.78, 5) is 10.8. The maximum atomic E-state index is 10.8. The van der Waals surface area contributed by atoms with Crippen LogP contribution in [0.1, 0.15) is 0 Å². The second-order valence-corrected chi connectivity index (χ2v) is 3.21. The Hall–Kier alpha value is -2.44. The van der Waals surface area contributed by atoms with Crippen LogP contribution in [-0.2, 0) is 11.3 Å². The molecule has 0 unspecified atom stereocenters. The number of rotatable bonds is 3. The largest absolute Gasteiger partial charge is 0.398 e. The normalized spacial score (nSPS) is 10.2. The molecule has 1 amide bonds. The van der Waals surface area contributed by atoms with Gasteiger partial charge in [-0.1, -0.05) is 12.1 Å². The first-order chi connectivity index (χ1) is 7.68.